The Balaban J connectivity index is 1.39. The number of benzene rings is 1. The summed E-state index contributed by atoms with van der Waals surface area (Å²) in [5, 5.41) is 0. The number of nitrogens with zero attached hydrogens (tertiary/aromatic N) is 5. The Hall–Kier alpha value is -2.83. The van der Waals surface area contributed by atoms with E-state index < -0.39 is 0 Å². The molecule has 0 bridgehead atoms. The zero-order valence-corrected chi connectivity index (χ0v) is 18.0. The van der Waals surface area contributed by atoms with Crippen LogP contribution < -0.4 is 14.5 Å². The number of anilines is 2. The highest BCUT2D eigenvalue weighted by molar-refractivity contribution is 5.94. The third kappa shape index (κ3) is 4.66. The standard InChI is InChI=1S/C23H31N5O2/c1-3-30-20-9-7-19(8-10-20)23(29)28-15-13-27(14-16-28)22-17-21(24-18(2)25-22)26-11-5-4-6-12-26/h7-10,17H,3-6,11-16H2,1-2H3. The van der Waals surface area contributed by atoms with Gasteiger partial charge in [0.25, 0.3) is 5.91 Å². The normalized spacial score (nSPS) is 17.2. The average Bonchev–Trinajstić information content (AvgIpc) is 2.80. The second-order valence-corrected chi connectivity index (χ2v) is 7.92. The van der Waals surface area contributed by atoms with Gasteiger partial charge < -0.3 is 19.4 Å². The highest BCUT2D eigenvalue weighted by Gasteiger charge is 2.24. The summed E-state index contributed by atoms with van der Waals surface area (Å²) in [6.45, 7) is 9.60. The summed E-state index contributed by atoms with van der Waals surface area (Å²) in [4.78, 5) is 28.8. The van der Waals surface area contributed by atoms with Gasteiger partial charge in [0, 0.05) is 50.9 Å². The Morgan fingerprint density at radius 1 is 0.900 bits per heavy atom. The maximum atomic E-state index is 12.9. The van der Waals surface area contributed by atoms with E-state index in [4.69, 9.17) is 4.74 Å². The molecule has 2 aliphatic heterocycles. The SMILES string of the molecule is CCOc1ccc(C(=O)N2CCN(c3cc(N4CCCCC4)nc(C)n3)CC2)cc1. The first-order valence-corrected chi connectivity index (χ1v) is 11.0. The van der Waals surface area contributed by atoms with Crippen LogP contribution in [0.15, 0.2) is 30.3 Å². The van der Waals surface area contributed by atoms with Crippen LogP contribution in [0.3, 0.4) is 0 Å². The van der Waals surface area contributed by atoms with Crippen LogP contribution in [0, 0.1) is 6.92 Å². The molecular weight excluding hydrogens is 378 g/mol. The van der Waals surface area contributed by atoms with Crippen molar-refractivity contribution in [3.05, 3.63) is 41.7 Å². The molecule has 1 aromatic carbocycles. The molecule has 0 spiro atoms. The van der Waals surface area contributed by atoms with Crippen LogP contribution in [0.25, 0.3) is 0 Å². The molecule has 1 amide bonds. The number of carbonyl (C=O) groups is 1. The minimum Gasteiger partial charge on any atom is -0.494 e. The molecular formula is C23H31N5O2. The topological polar surface area (TPSA) is 61.8 Å². The largest absolute Gasteiger partial charge is 0.494 e. The summed E-state index contributed by atoms with van der Waals surface area (Å²) < 4.78 is 5.47. The highest BCUT2D eigenvalue weighted by atomic mass is 16.5. The summed E-state index contributed by atoms with van der Waals surface area (Å²) in [6, 6.07) is 9.52. The lowest BCUT2D eigenvalue weighted by Crippen LogP contribution is -2.49. The van der Waals surface area contributed by atoms with Gasteiger partial charge in [-0.1, -0.05) is 0 Å². The summed E-state index contributed by atoms with van der Waals surface area (Å²) in [5.74, 6) is 3.68. The van der Waals surface area contributed by atoms with Gasteiger partial charge in [0.2, 0.25) is 0 Å². The second-order valence-electron chi connectivity index (χ2n) is 7.92. The monoisotopic (exact) mass is 409 g/mol. The number of carbonyl (C=O) groups excluding carboxylic acids is 1. The average molecular weight is 410 g/mol. The fraction of sp³-hybridized carbons (Fsp3) is 0.522. The lowest BCUT2D eigenvalue weighted by Gasteiger charge is -2.36. The van der Waals surface area contributed by atoms with E-state index in [-0.39, 0.29) is 5.91 Å². The van der Waals surface area contributed by atoms with Crippen LogP contribution in [0.4, 0.5) is 11.6 Å². The fourth-order valence-electron chi connectivity index (χ4n) is 4.17. The van der Waals surface area contributed by atoms with Crippen molar-refractivity contribution in [3.63, 3.8) is 0 Å². The third-order valence-electron chi connectivity index (χ3n) is 5.79. The molecule has 30 heavy (non-hydrogen) atoms. The molecule has 7 nitrogen and oxygen atoms in total. The van der Waals surface area contributed by atoms with Crippen molar-refractivity contribution >= 4 is 17.5 Å². The molecule has 2 fully saturated rings. The second kappa shape index (κ2) is 9.32. The summed E-state index contributed by atoms with van der Waals surface area (Å²) >= 11 is 0. The number of piperidine rings is 1. The maximum Gasteiger partial charge on any atom is 0.253 e. The predicted octanol–water partition coefficient (Wildman–Crippen LogP) is 3.14. The van der Waals surface area contributed by atoms with E-state index in [1.54, 1.807) is 0 Å². The molecule has 7 heteroatoms. The van der Waals surface area contributed by atoms with Gasteiger partial charge in [0.05, 0.1) is 6.61 Å². The Kier molecular flexibility index (Phi) is 6.35. The van der Waals surface area contributed by atoms with Crippen molar-refractivity contribution in [2.75, 3.05) is 55.7 Å². The number of amides is 1. The minimum atomic E-state index is 0.0746. The first kappa shape index (κ1) is 20.4. The van der Waals surface area contributed by atoms with Crippen LogP contribution in [0.2, 0.25) is 0 Å². The van der Waals surface area contributed by atoms with Gasteiger partial charge in [-0.05, 0) is 57.4 Å². The molecule has 0 atom stereocenters. The molecule has 0 saturated carbocycles. The van der Waals surface area contributed by atoms with Crippen LogP contribution in [-0.4, -0.2) is 66.7 Å². The Morgan fingerprint density at radius 2 is 1.50 bits per heavy atom. The van der Waals surface area contributed by atoms with Crippen molar-refractivity contribution < 1.29 is 9.53 Å². The first-order valence-electron chi connectivity index (χ1n) is 11.0. The van der Waals surface area contributed by atoms with Gasteiger partial charge in [-0.15, -0.1) is 0 Å². The van der Waals surface area contributed by atoms with Gasteiger partial charge in [-0.2, -0.15) is 0 Å². The molecule has 4 rings (SSSR count). The molecule has 0 N–H and O–H groups in total. The summed E-state index contributed by atoms with van der Waals surface area (Å²) in [5.41, 5.74) is 0.706. The summed E-state index contributed by atoms with van der Waals surface area (Å²) in [6.07, 6.45) is 3.76. The molecule has 2 aliphatic rings. The molecule has 2 saturated heterocycles. The minimum absolute atomic E-state index is 0.0746. The third-order valence-corrected chi connectivity index (χ3v) is 5.79. The van der Waals surface area contributed by atoms with Crippen LogP contribution >= 0.6 is 0 Å². The number of hydrogen-bond acceptors (Lipinski definition) is 6. The molecule has 1 aromatic heterocycles. The van der Waals surface area contributed by atoms with Crippen molar-refractivity contribution in [3.8, 4) is 5.75 Å². The molecule has 0 unspecified atom stereocenters. The quantitative estimate of drug-likeness (QED) is 0.756. The smallest absolute Gasteiger partial charge is 0.253 e. The van der Waals surface area contributed by atoms with Gasteiger partial charge in [-0.25, -0.2) is 9.97 Å². The van der Waals surface area contributed by atoms with Crippen LogP contribution in [0.5, 0.6) is 5.75 Å². The lowest BCUT2D eigenvalue weighted by molar-refractivity contribution is 0.0746. The van der Waals surface area contributed by atoms with E-state index in [2.05, 4.69) is 25.8 Å². The van der Waals surface area contributed by atoms with Gasteiger partial charge in [-0.3, -0.25) is 4.79 Å². The van der Waals surface area contributed by atoms with Crippen molar-refractivity contribution in [1.82, 2.24) is 14.9 Å². The number of ether oxygens (including phenoxy) is 1. The van der Waals surface area contributed by atoms with Gasteiger partial charge in [0.15, 0.2) is 0 Å². The van der Waals surface area contributed by atoms with Crippen LogP contribution in [0.1, 0.15) is 42.4 Å². The molecule has 3 heterocycles. The van der Waals surface area contributed by atoms with Gasteiger partial charge in [0.1, 0.15) is 23.2 Å². The predicted molar refractivity (Wildman–Crippen MR) is 119 cm³/mol. The number of aromatic nitrogens is 2. The van der Waals surface area contributed by atoms with Crippen LogP contribution in [-0.2, 0) is 0 Å². The van der Waals surface area contributed by atoms with Crippen molar-refractivity contribution in [1.29, 1.82) is 0 Å². The van der Waals surface area contributed by atoms with E-state index in [9.17, 15) is 4.79 Å². The van der Waals surface area contributed by atoms with Crippen molar-refractivity contribution in [2.45, 2.75) is 33.1 Å². The first-order chi connectivity index (χ1) is 14.6. The maximum absolute atomic E-state index is 12.9. The molecule has 160 valence electrons. The number of piperazine rings is 1. The van der Waals surface area contributed by atoms with E-state index in [1.807, 2.05) is 43.0 Å². The number of aryl methyl sites for hydroxylation is 1. The van der Waals surface area contributed by atoms with E-state index >= 15 is 0 Å². The lowest BCUT2D eigenvalue weighted by atomic mass is 10.1. The highest BCUT2D eigenvalue weighted by Crippen LogP contribution is 2.23. The molecule has 0 radical (unpaired) electrons. The molecule has 2 aromatic rings. The fourth-order valence-corrected chi connectivity index (χ4v) is 4.17. The zero-order chi connectivity index (χ0) is 20.9. The summed E-state index contributed by atoms with van der Waals surface area (Å²) in [7, 11) is 0. The Bertz CT molecular complexity index is 856. The van der Waals surface area contributed by atoms with Gasteiger partial charge >= 0.3 is 0 Å². The Morgan fingerprint density at radius 3 is 2.10 bits per heavy atom. The van der Waals surface area contributed by atoms with E-state index in [0.29, 0.717) is 25.3 Å². The number of rotatable bonds is 5. The van der Waals surface area contributed by atoms with E-state index in [1.165, 1.54) is 19.3 Å². The Labute approximate surface area is 178 Å². The molecule has 0 aliphatic carbocycles. The number of hydrogen-bond donors (Lipinski definition) is 0. The van der Waals surface area contributed by atoms with E-state index in [0.717, 1.165) is 49.4 Å². The van der Waals surface area contributed by atoms with Crippen molar-refractivity contribution in [2.24, 2.45) is 0 Å². The zero-order valence-electron chi connectivity index (χ0n) is 18.0.